The van der Waals surface area contributed by atoms with Gasteiger partial charge in [-0.05, 0) is 69.2 Å². The van der Waals surface area contributed by atoms with Crippen molar-refractivity contribution in [3.63, 3.8) is 0 Å². The van der Waals surface area contributed by atoms with E-state index in [0.717, 1.165) is 11.3 Å². The standard InChI is InChI=1S/C29H40N2O5/c1-19(2)21-9-13-24(14-10-21)30-25-15-11-22(12-16-26(25)32)29(35)31(18-28(33)34)17-23-7-5-6-8-27(23)36-20(3)4/h5-10,13-14,19-20,22,25-26,30,32H,11-12,15-18H2,1-4H3,(H,33,34)/t22-,25+,26+/m1/s1. The summed E-state index contributed by atoms with van der Waals surface area (Å²) in [6, 6.07) is 15.5. The van der Waals surface area contributed by atoms with E-state index in [4.69, 9.17) is 4.74 Å². The predicted molar refractivity (Wildman–Crippen MR) is 141 cm³/mol. The molecule has 0 bridgehead atoms. The van der Waals surface area contributed by atoms with Crippen molar-refractivity contribution >= 4 is 17.6 Å². The van der Waals surface area contributed by atoms with Crippen molar-refractivity contribution in [2.45, 2.75) is 84.1 Å². The molecule has 0 aromatic heterocycles. The highest BCUT2D eigenvalue weighted by Gasteiger charge is 2.32. The molecular formula is C29H40N2O5. The lowest BCUT2D eigenvalue weighted by Gasteiger charge is -2.27. The zero-order chi connectivity index (χ0) is 26.2. The molecule has 3 N–H and O–H groups in total. The Labute approximate surface area is 214 Å². The number of para-hydroxylation sites is 1. The summed E-state index contributed by atoms with van der Waals surface area (Å²) < 4.78 is 5.87. The molecule has 2 aromatic carbocycles. The second-order valence-corrected chi connectivity index (χ2v) is 10.3. The van der Waals surface area contributed by atoms with Crippen LogP contribution in [0.1, 0.15) is 70.4 Å². The van der Waals surface area contributed by atoms with Gasteiger partial charge < -0.3 is 25.2 Å². The second kappa shape index (κ2) is 12.8. The smallest absolute Gasteiger partial charge is 0.323 e. The molecule has 1 aliphatic carbocycles. The van der Waals surface area contributed by atoms with Gasteiger partial charge in [0.25, 0.3) is 0 Å². The largest absolute Gasteiger partial charge is 0.491 e. The normalized spacial score (nSPS) is 20.1. The Morgan fingerprint density at radius 2 is 1.67 bits per heavy atom. The number of hydrogen-bond donors (Lipinski definition) is 3. The number of carbonyl (C=O) groups is 2. The van der Waals surface area contributed by atoms with Gasteiger partial charge in [-0.1, -0.05) is 44.2 Å². The molecule has 0 unspecified atom stereocenters. The van der Waals surface area contributed by atoms with Gasteiger partial charge in [0.2, 0.25) is 5.91 Å². The van der Waals surface area contributed by atoms with Gasteiger partial charge in [-0.15, -0.1) is 0 Å². The number of ether oxygens (including phenoxy) is 1. The molecule has 2 aromatic rings. The maximum absolute atomic E-state index is 13.5. The highest BCUT2D eigenvalue weighted by molar-refractivity contribution is 5.83. The summed E-state index contributed by atoms with van der Waals surface area (Å²) in [6.07, 6.45) is 1.58. The third kappa shape index (κ3) is 7.72. The first-order chi connectivity index (χ1) is 17.1. The van der Waals surface area contributed by atoms with Crippen LogP contribution in [0.15, 0.2) is 48.5 Å². The first-order valence-electron chi connectivity index (χ1n) is 12.9. The zero-order valence-electron chi connectivity index (χ0n) is 21.8. The van der Waals surface area contributed by atoms with Crippen molar-refractivity contribution in [2.24, 2.45) is 5.92 Å². The van der Waals surface area contributed by atoms with Gasteiger partial charge in [0.1, 0.15) is 12.3 Å². The molecule has 0 saturated heterocycles. The van der Waals surface area contributed by atoms with Crippen LogP contribution in [-0.4, -0.2) is 51.8 Å². The number of carboxylic acid groups (broad SMARTS) is 1. The average molecular weight is 497 g/mol. The topological polar surface area (TPSA) is 99.1 Å². The molecule has 1 saturated carbocycles. The van der Waals surface area contributed by atoms with E-state index >= 15 is 0 Å². The predicted octanol–water partition coefficient (Wildman–Crippen LogP) is 5.04. The molecule has 36 heavy (non-hydrogen) atoms. The van der Waals surface area contributed by atoms with E-state index in [0.29, 0.717) is 37.4 Å². The van der Waals surface area contributed by atoms with Crippen molar-refractivity contribution in [2.75, 3.05) is 11.9 Å². The SMILES string of the molecule is CC(C)Oc1ccccc1CN(CC(=O)O)C(=O)[C@@H]1CC[C@H](Nc2ccc(C(C)C)cc2)[C@@H](O)CC1. The molecule has 196 valence electrons. The molecular weight excluding hydrogens is 456 g/mol. The Balaban J connectivity index is 1.69. The quantitative estimate of drug-likeness (QED) is 0.399. The highest BCUT2D eigenvalue weighted by Crippen LogP contribution is 2.29. The molecule has 0 aliphatic heterocycles. The first kappa shape index (κ1) is 27.5. The zero-order valence-corrected chi connectivity index (χ0v) is 21.8. The maximum atomic E-state index is 13.5. The molecule has 7 heteroatoms. The van der Waals surface area contributed by atoms with Crippen LogP contribution in [0, 0.1) is 5.92 Å². The minimum Gasteiger partial charge on any atom is -0.491 e. The summed E-state index contributed by atoms with van der Waals surface area (Å²) in [7, 11) is 0. The van der Waals surface area contributed by atoms with Crippen LogP contribution < -0.4 is 10.1 Å². The van der Waals surface area contributed by atoms with Crippen LogP contribution in [0.25, 0.3) is 0 Å². The number of benzene rings is 2. The van der Waals surface area contributed by atoms with Crippen LogP contribution in [0.5, 0.6) is 5.75 Å². The van der Waals surface area contributed by atoms with Crippen molar-refractivity contribution in [3.05, 3.63) is 59.7 Å². The fraction of sp³-hybridized carbons (Fsp3) is 0.517. The molecule has 1 fully saturated rings. The van der Waals surface area contributed by atoms with Gasteiger partial charge in [-0.2, -0.15) is 0 Å². The van der Waals surface area contributed by atoms with Crippen LogP contribution >= 0.6 is 0 Å². The molecule has 1 amide bonds. The Morgan fingerprint density at radius 1 is 1.00 bits per heavy atom. The van der Waals surface area contributed by atoms with Gasteiger partial charge in [0, 0.05) is 23.7 Å². The summed E-state index contributed by atoms with van der Waals surface area (Å²) in [5, 5.41) is 23.7. The third-order valence-corrected chi connectivity index (χ3v) is 6.71. The molecule has 7 nitrogen and oxygen atoms in total. The second-order valence-electron chi connectivity index (χ2n) is 10.3. The number of anilines is 1. The number of rotatable bonds is 10. The van der Waals surface area contributed by atoms with E-state index in [9.17, 15) is 19.8 Å². The molecule has 3 atom stereocenters. The van der Waals surface area contributed by atoms with E-state index < -0.39 is 12.1 Å². The Kier molecular flexibility index (Phi) is 9.76. The number of amides is 1. The number of nitrogens with one attached hydrogen (secondary N) is 1. The van der Waals surface area contributed by atoms with Crippen molar-refractivity contribution < 1.29 is 24.5 Å². The minimum atomic E-state index is -1.05. The van der Waals surface area contributed by atoms with E-state index in [1.165, 1.54) is 10.5 Å². The van der Waals surface area contributed by atoms with Gasteiger partial charge in [-0.25, -0.2) is 0 Å². The minimum absolute atomic E-state index is 0.0378. The number of aliphatic carboxylic acids is 1. The lowest BCUT2D eigenvalue weighted by Crippen LogP contribution is -2.39. The Morgan fingerprint density at radius 3 is 2.31 bits per heavy atom. The first-order valence-corrected chi connectivity index (χ1v) is 12.9. The number of hydrogen-bond acceptors (Lipinski definition) is 5. The molecule has 0 heterocycles. The van der Waals surface area contributed by atoms with Crippen LogP contribution in [0.3, 0.4) is 0 Å². The highest BCUT2D eigenvalue weighted by atomic mass is 16.5. The molecule has 1 aliphatic rings. The number of nitrogens with zero attached hydrogens (tertiary/aromatic N) is 1. The summed E-state index contributed by atoms with van der Waals surface area (Å²) in [6.45, 7) is 7.94. The van der Waals surface area contributed by atoms with Gasteiger partial charge in [-0.3, -0.25) is 9.59 Å². The fourth-order valence-electron chi connectivity index (χ4n) is 4.73. The average Bonchev–Trinajstić information content (AvgIpc) is 3.00. The molecule has 0 spiro atoms. The third-order valence-electron chi connectivity index (χ3n) is 6.71. The van der Waals surface area contributed by atoms with E-state index in [-0.39, 0.29) is 37.1 Å². The number of aliphatic hydroxyl groups excluding tert-OH is 1. The van der Waals surface area contributed by atoms with E-state index in [1.807, 2.05) is 50.2 Å². The van der Waals surface area contributed by atoms with Gasteiger partial charge in [0.05, 0.1) is 18.2 Å². The summed E-state index contributed by atoms with van der Waals surface area (Å²) in [4.78, 5) is 26.5. The lowest BCUT2D eigenvalue weighted by molar-refractivity contribution is -0.147. The van der Waals surface area contributed by atoms with Crippen LogP contribution in [0.4, 0.5) is 5.69 Å². The number of carbonyl (C=O) groups excluding carboxylic acids is 1. The molecule has 3 rings (SSSR count). The van der Waals surface area contributed by atoms with Crippen molar-refractivity contribution in [1.29, 1.82) is 0 Å². The summed E-state index contributed by atoms with van der Waals surface area (Å²) >= 11 is 0. The fourth-order valence-corrected chi connectivity index (χ4v) is 4.73. The van der Waals surface area contributed by atoms with E-state index in [2.05, 4.69) is 31.3 Å². The van der Waals surface area contributed by atoms with Crippen LogP contribution in [-0.2, 0) is 16.1 Å². The van der Waals surface area contributed by atoms with Crippen molar-refractivity contribution in [1.82, 2.24) is 4.90 Å². The van der Waals surface area contributed by atoms with Crippen molar-refractivity contribution in [3.8, 4) is 5.75 Å². The lowest BCUT2D eigenvalue weighted by atomic mass is 9.98. The molecule has 0 radical (unpaired) electrons. The number of aliphatic hydroxyl groups is 1. The van der Waals surface area contributed by atoms with Gasteiger partial charge >= 0.3 is 5.97 Å². The van der Waals surface area contributed by atoms with Gasteiger partial charge in [0.15, 0.2) is 0 Å². The maximum Gasteiger partial charge on any atom is 0.323 e. The summed E-state index contributed by atoms with van der Waals surface area (Å²) in [5.41, 5.74) is 2.98. The van der Waals surface area contributed by atoms with Crippen LogP contribution in [0.2, 0.25) is 0 Å². The Hall–Kier alpha value is -3.06. The Bertz CT molecular complexity index is 1000. The van der Waals surface area contributed by atoms with E-state index in [1.54, 1.807) is 0 Å². The number of carboxylic acids is 1. The monoisotopic (exact) mass is 496 g/mol. The summed E-state index contributed by atoms with van der Waals surface area (Å²) in [5.74, 6) is -0.478.